The van der Waals surface area contributed by atoms with Crippen LogP contribution in [0.4, 0.5) is 0 Å². The normalized spacial score (nSPS) is 19.2. The van der Waals surface area contributed by atoms with Crippen molar-refractivity contribution in [3.05, 3.63) is 35.9 Å². The number of aliphatic hydroxyl groups is 1. The number of rotatable bonds is 5. The molecule has 0 aliphatic carbocycles. The molecule has 0 spiro atoms. The molecule has 1 fully saturated rings. The van der Waals surface area contributed by atoms with Crippen molar-refractivity contribution in [1.82, 2.24) is 4.90 Å². The number of carboxylic acid groups (broad SMARTS) is 1. The Labute approximate surface area is 113 Å². The maximum atomic E-state index is 11.4. The third-order valence-corrected chi connectivity index (χ3v) is 3.91. The molecule has 0 bridgehead atoms. The van der Waals surface area contributed by atoms with Gasteiger partial charge in [0.25, 0.3) is 0 Å². The SMILES string of the molecule is O=C(O)C(CN1CCC(CO)CC1)c1ccccc1. The van der Waals surface area contributed by atoms with Crippen LogP contribution in [-0.4, -0.2) is 47.3 Å². The molecule has 2 rings (SSSR count). The lowest BCUT2D eigenvalue weighted by atomic mass is 9.94. The smallest absolute Gasteiger partial charge is 0.312 e. The van der Waals surface area contributed by atoms with Crippen LogP contribution in [0.5, 0.6) is 0 Å². The quantitative estimate of drug-likeness (QED) is 0.846. The van der Waals surface area contributed by atoms with Crippen LogP contribution in [0, 0.1) is 5.92 Å². The highest BCUT2D eigenvalue weighted by Crippen LogP contribution is 2.22. The standard InChI is InChI=1S/C15H21NO3/c17-11-12-6-8-16(9-7-12)10-14(15(18)19)13-4-2-1-3-5-13/h1-5,12,14,17H,6-11H2,(H,18,19). The number of carboxylic acids is 1. The van der Waals surface area contributed by atoms with Crippen molar-refractivity contribution in [1.29, 1.82) is 0 Å². The van der Waals surface area contributed by atoms with Gasteiger partial charge in [-0.1, -0.05) is 30.3 Å². The van der Waals surface area contributed by atoms with Crippen LogP contribution in [0.1, 0.15) is 24.3 Å². The van der Waals surface area contributed by atoms with Gasteiger partial charge in [0.1, 0.15) is 0 Å². The van der Waals surface area contributed by atoms with Crippen LogP contribution in [0.2, 0.25) is 0 Å². The van der Waals surface area contributed by atoms with Crippen LogP contribution in [0.15, 0.2) is 30.3 Å². The second-order valence-corrected chi connectivity index (χ2v) is 5.23. The molecule has 1 aliphatic heterocycles. The summed E-state index contributed by atoms with van der Waals surface area (Å²) in [7, 11) is 0. The number of carbonyl (C=O) groups is 1. The minimum atomic E-state index is -0.768. The Morgan fingerprint density at radius 1 is 1.26 bits per heavy atom. The topological polar surface area (TPSA) is 60.8 Å². The Hall–Kier alpha value is -1.39. The summed E-state index contributed by atoms with van der Waals surface area (Å²) in [6, 6.07) is 9.40. The van der Waals surface area contributed by atoms with E-state index in [0.717, 1.165) is 31.5 Å². The summed E-state index contributed by atoms with van der Waals surface area (Å²) in [5, 5.41) is 18.5. The van der Waals surface area contributed by atoms with E-state index in [1.807, 2.05) is 30.3 Å². The van der Waals surface area contributed by atoms with Gasteiger partial charge in [0.2, 0.25) is 0 Å². The van der Waals surface area contributed by atoms with Gasteiger partial charge in [-0.25, -0.2) is 0 Å². The van der Waals surface area contributed by atoms with Gasteiger partial charge < -0.3 is 15.1 Å². The first kappa shape index (κ1) is 14.0. The fourth-order valence-electron chi connectivity index (χ4n) is 2.62. The Morgan fingerprint density at radius 3 is 2.42 bits per heavy atom. The van der Waals surface area contributed by atoms with Crippen molar-refractivity contribution in [3.8, 4) is 0 Å². The zero-order valence-electron chi connectivity index (χ0n) is 11.0. The second kappa shape index (κ2) is 6.68. The van der Waals surface area contributed by atoms with E-state index in [4.69, 9.17) is 5.11 Å². The number of hydrogen-bond donors (Lipinski definition) is 2. The van der Waals surface area contributed by atoms with Crippen molar-refractivity contribution < 1.29 is 15.0 Å². The number of hydrogen-bond acceptors (Lipinski definition) is 3. The van der Waals surface area contributed by atoms with Crippen molar-refractivity contribution in [2.75, 3.05) is 26.2 Å². The lowest BCUT2D eigenvalue weighted by Gasteiger charge is -2.32. The second-order valence-electron chi connectivity index (χ2n) is 5.23. The highest BCUT2D eigenvalue weighted by atomic mass is 16.4. The van der Waals surface area contributed by atoms with E-state index >= 15 is 0 Å². The molecule has 104 valence electrons. The number of piperidine rings is 1. The molecule has 4 heteroatoms. The predicted octanol–water partition coefficient (Wildman–Crippen LogP) is 1.56. The molecule has 1 aliphatic rings. The van der Waals surface area contributed by atoms with Gasteiger partial charge in [-0.3, -0.25) is 4.79 Å². The lowest BCUT2D eigenvalue weighted by Crippen LogP contribution is -2.39. The summed E-state index contributed by atoms with van der Waals surface area (Å²) < 4.78 is 0. The summed E-state index contributed by atoms with van der Waals surface area (Å²) in [6.45, 7) is 2.55. The fourth-order valence-corrected chi connectivity index (χ4v) is 2.62. The molecule has 1 heterocycles. The minimum absolute atomic E-state index is 0.245. The van der Waals surface area contributed by atoms with Crippen molar-refractivity contribution in [2.45, 2.75) is 18.8 Å². The molecule has 1 aromatic carbocycles. The molecule has 0 radical (unpaired) electrons. The maximum absolute atomic E-state index is 11.4. The van der Waals surface area contributed by atoms with Gasteiger partial charge in [0, 0.05) is 13.2 Å². The third-order valence-electron chi connectivity index (χ3n) is 3.91. The Morgan fingerprint density at radius 2 is 1.89 bits per heavy atom. The van der Waals surface area contributed by atoms with Crippen LogP contribution < -0.4 is 0 Å². The van der Waals surface area contributed by atoms with Gasteiger partial charge in [-0.2, -0.15) is 0 Å². The van der Waals surface area contributed by atoms with Crippen LogP contribution >= 0.6 is 0 Å². The van der Waals surface area contributed by atoms with E-state index in [1.54, 1.807) is 0 Å². The highest BCUT2D eigenvalue weighted by molar-refractivity contribution is 5.76. The third kappa shape index (κ3) is 3.78. The highest BCUT2D eigenvalue weighted by Gasteiger charge is 2.25. The molecular formula is C15H21NO3. The summed E-state index contributed by atoms with van der Waals surface area (Å²) >= 11 is 0. The molecule has 1 saturated heterocycles. The average molecular weight is 263 g/mol. The largest absolute Gasteiger partial charge is 0.481 e. The van der Waals surface area contributed by atoms with E-state index in [-0.39, 0.29) is 6.61 Å². The number of aliphatic carboxylic acids is 1. The zero-order valence-corrected chi connectivity index (χ0v) is 11.0. The minimum Gasteiger partial charge on any atom is -0.481 e. The first-order valence-electron chi connectivity index (χ1n) is 6.81. The summed E-state index contributed by atoms with van der Waals surface area (Å²) in [4.78, 5) is 13.6. The Bertz CT molecular complexity index is 399. The van der Waals surface area contributed by atoms with E-state index in [2.05, 4.69) is 4.90 Å². The lowest BCUT2D eigenvalue weighted by molar-refractivity contribution is -0.139. The first-order chi connectivity index (χ1) is 9.20. The van der Waals surface area contributed by atoms with Crippen LogP contribution in [0.25, 0.3) is 0 Å². The van der Waals surface area contributed by atoms with Crippen molar-refractivity contribution in [2.24, 2.45) is 5.92 Å². The predicted molar refractivity (Wildman–Crippen MR) is 73.1 cm³/mol. The summed E-state index contributed by atoms with van der Waals surface area (Å²) in [5.74, 6) is -0.849. The molecule has 0 saturated carbocycles. The van der Waals surface area contributed by atoms with Gasteiger partial charge >= 0.3 is 5.97 Å². The number of likely N-dealkylation sites (tertiary alicyclic amines) is 1. The summed E-state index contributed by atoms with van der Waals surface area (Å²) in [6.07, 6.45) is 1.91. The molecule has 19 heavy (non-hydrogen) atoms. The van der Waals surface area contributed by atoms with Crippen LogP contribution in [0.3, 0.4) is 0 Å². The molecule has 1 aromatic rings. The molecule has 1 atom stereocenters. The van der Waals surface area contributed by atoms with E-state index in [1.165, 1.54) is 0 Å². The van der Waals surface area contributed by atoms with Crippen LogP contribution in [-0.2, 0) is 4.79 Å². The molecule has 1 unspecified atom stereocenters. The number of aliphatic hydroxyl groups excluding tert-OH is 1. The Kier molecular flexibility index (Phi) is 4.93. The first-order valence-corrected chi connectivity index (χ1v) is 6.81. The zero-order chi connectivity index (χ0) is 13.7. The van der Waals surface area contributed by atoms with E-state index < -0.39 is 11.9 Å². The van der Waals surface area contributed by atoms with Gasteiger partial charge in [-0.15, -0.1) is 0 Å². The number of benzene rings is 1. The van der Waals surface area contributed by atoms with Gasteiger partial charge in [0.15, 0.2) is 0 Å². The Balaban J connectivity index is 1.97. The van der Waals surface area contributed by atoms with E-state index in [0.29, 0.717) is 12.5 Å². The molecule has 0 aromatic heterocycles. The van der Waals surface area contributed by atoms with Crippen molar-refractivity contribution >= 4 is 5.97 Å². The fraction of sp³-hybridized carbons (Fsp3) is 0.533. The monoisotopic (exact) mass is 263 g/mol. The average Bonchev–Trinajstić information content (AvgIpc) is 2.46. The molecular weight excluding hydrogens is 242 g/mol. The molecule has 4 nitrogen and oxygen atoms in total. The maximum Gasteiger partial charge on any atom is 0.312 e. The van der Waals surface area contributed by atoms with Crippen molar-refractivity contribution in [3.63, 3.8) is 0 Å². The summed E-state index contributed by atoms with van der Waals surface area (Å²) in [5.41, 5.74) is 0.860. The van der Waals surface area contributed by atoms with Gasteiger partial charge in [0.05, 0.1) is 5.92 Å². The number of nitrogens with zero attached hydrogens (tertiary/aromatic N) is 1. The molecule has 0 amide bonds. The van der Waals surface area contributed by atoms with Gasteiger partial charge in [-0.05, 0) is 37.4 Å². The van der Waals surface area contributed by atoms with E-state index in [9.17, 15) is 9.90 Å². The molecule has 2 N–H and O–H groups in total.